The number of pyridine rings is 2. The summed E-state index contributed by atoms with van der Waals surface area (Å²) < 4.78 is 6.97. The largest absolute Gasteiger partial charge is 0.421 e. The summed E-state index contributed by atoms with van der Waals surface area (Å²) in [5.41, 5.74) is 24.8. The number of unbranched alkanes of at least 4 members (excludes halogenated alkanes) is 1. The van der Waals surface area contributed by atoms with E-state index in [0.717, 1.165) is 6.42 Å². The van der Waals surface area contributed by atoms with Crippen molar-refractivity contribution in [2.75, 3.05) is 62.5 Å². The SMILES string of the molecule is C[N+](C)(C)C(CCCCO)(CCNc1ncc(N)cc1N)Oc1ncc(N)cc1N. The molecule has 0 aliphatic heterocycles. The van der Waals surface area contributed by atoms with Gasteiger partial charge in [-0.1, -0.05) is 0 Å². The van der Waals surface area contributed by atoms with Gasteiger partial charge in [-0.05, 0) is 25.0 Å². The van der Waals surface area contributed by atoms with E-state index in [-0.39, 0.29) is 6.61 Å². The van der Waals surface area contributed by atoms with E-state index in [9.17, 15) is 5.11 Å². The van der Waals surface area contributed by atoms with Gasteiger partial charge in [0.2, 0.25) is 11.6 Å². The van der Waals surface area contributed by atoms with Gasteiger partial charge in [0.25, 0.3) is 0 Å². The van der Waals surface area contributed by atoms with Gasteiger partial charge in [-0.3, -0.25) is 4.48 Å². The molecule has 0 aliphatic carbocycles. The quantitative estimate of drug-likeness (QED) is 0.178. The number of ether oxygens (including phenoxy) is 1. The second kappa shape index (κ2) is 9.68. The fourth-order valence-electron chi connectivity index (χ4n) is 3.32. The van der Waals surface area contributed by atoms with Crippen molar-refractivity contribution in [3.63, 3.8) is 0 Å². The van der Waals surface area contributed by atoms with E-state index in [1.54, 1.807) is 18.3 Å². The molecule has 0 bridgehead atoms. The lowest BCUT2D eigenvalue weighted by Gasteiger charge is -2.45. The van der Waals surface area contributed by atoms with Gasteiger partial charge >= 0.3 is 0 Å². The van der Waals surface area contributed by atoms with Gasteiger partial charge in [-0.2, -0.15) is 0 Å². The summed E-state index contributed by atoms with van der Waals surface area (Å²) in [5, 5.41) is 12.5. The Kier molecular flexibility index (Phi) is 7.52. The van der Waals surface area contributed by atoms with Crippen molar-refractivity contribution in [3.05, 3.63) is 24.5 Å². The lowest BCUT2D eigenvalue weighted by Crippen LogP contribution is -2.61. The molecule has 0 fully saturated rings. The molecule has 166 valence electrons. The zero-order chi connectivity index (χ0) is 22.4. The number of quaternary nitrogens is 1. The Balaban J connectivity index is 2.27. The highest BCUT2D eigenvalue weighted by Crippen LogP contribution is 2.35. The molecule has 0 saturated heterocycles. The molecule has 10 heteroatoms. The summed E-state index contributed by atoms with van der Waals surface area (Å²) in [5.74, 6) is 0.909. The predicted octanol–water partition coefficient (Wildman–Crippen LogP) is 1.25. The molecule has 10 N–H and O–H groups in total. The normalized spacial score (nSPS) is 13.6. The fraction of sp³-hybridized carbons (Fsp3) is 0.500. The van der Waals surface area contributed by atoms with Gasteiger partial charge in [0.15, 0.2) is 0 Å². The zero-order valence-corrected chi connectivity index (χ0v) is 18.1. The summed E-state index contributed by atoms with van der Waals surface area (Å²) in [7, 11) is 6.17. The van der Waals surface area contributed by atoms with Crippen molar-refractivity contribution in [3.8, 4) is 5.88 Å². The number of hydrogen-bond acceptors (Lipinski definition) is 9. The molecular formula is C20H35N8O2+. The number of nitrogens with two attached hydrogens (primary N) is 4. The van der Waals surface area contributed by atoms with Crippen molar-refractivity contribution in [1.82, 2.24) is 9.97 Å². The number of aromatic nitrogens is 2. The van der Waals surface area contributed by atoms with Crippen molar-refractivity contribution in [2.24, 2.45) is 0 Å². The molecule has 0 aliphatic rings. The van der Waals surface area contributed by atoms with E-state index in [1.807, 2.05) is 0 Å². The lowest BCUT2D eigenvalue weighted by atomic mass is 9.98. The Morgan fingerprint density at radius 2 is 1.60 bits per heavy atom. The third-order valence-corrected chi connectivity index (χ3v) is 5.13. The molecule has 0 amide bonds. The van der Waals surface area contributed by atoms with Crippen molar-refractivity contribution in [2.45, 2.75) is 31.4 Å². The molecule has 2 aromatic rings. The Bertz CT molecular complexity index is 840. The average molecular weight is 420 g/mol. The molecule has 0 aromatic carbocycles. The highest BCUT2D eigenvalue weighted by atomic mass is 16.5. The minimum atomic E-state index is -0.665. The maximum Gasteiger partial charge on any atom is 0.246 e. The highest BCUT2D eigenvalue weighted by Gasteiger charge is 2.45. The van der Waals surface area contributed by atoms with Gasteiger partial charge in [0.05, 0.1) is 62.7 Å². The summed E-state index contributed by atoms with van der Waals surface area (Å²) in [6.45, 7) is 0.671. The van der Waals surface area contributed by atoms with Crippen LogP contribution in [0.15, 0.2) is 24.5 Å². The second-order valence-electron chi connectivity index (χ2n) is 8.29. The summed E-state index contributed by atoms with van der Waals surface area (Å²) in [6.07, 6.45) is 5.84. The second-order valence-corrected chi connectivity index (χ2v) is 8.29. The summed E-state index contributed by atoms with van der Waals surface area (Å²) in [6, 6.07) is 3.30. The van der Waals surface area contributed by atoms with Gasteiger partial charge in [-0.25, -0.2) is 9.97 Å². The minimum Gasteiger partial charge on any atom is -0.421 e. The Labute approximate surface area is 177 Å². The molecule has 1 atom stereocenters. The van der Waals surface area contributed by atoms with Crippen LogP contribution in [0.5, 0.6) is 5.88 Å². The lowest BCUT2D eigenvalue weighted by molar-refractivity contribution is -0.947. The van der Waals surface area contributed by atoms with Crippen molar-refractivity contribution < 1.29 is 14.3 Å². The van der Waals surface area contributed by atoms with Crippen LogP contribution in [0.2, 0.25) is 0 Å². The first-order chi connectivity index (χ1) is 14.1. The summed E-state index contributed by atoms with van der Waals surface area (Å²) in [4.78, 5) is 8.55. The fourth-order valence-corrected chi connectivity index (χ4v) is 3.32. The maximum atomic E-state index is 9.27. The molecule has 2 aromatic heterocycles. The molecule has 30 heavy (non-hydrogen) atoms. The average Bonchev–Trinajstić information content (AvgIpc) is 2.64. The summed E-state index contributed by atoms with van der Waals surface area (Å²) >= 11 is 0. The van der Waals surface area contributed by atoms with Crippen LogP contribution in [0, 0.1) is 0 Å². The first-order valence-corrected chi connectivity index (χ1v) is 9.95. The van der Waals surface area contributed by atoms with E-state index >= 15 is 0 Å². The van der Waals surface area contributed by atoms with Crippen LogP contribution in [0.3, 0.4) is 0 Å². The molecule has 10 nitrogen and oxygen atoms in total. The molecule has 2 heterocycles. The number of nitrogens with one attached hydrogen (secondary N) is 1. The van der Waals surface area contributed by atoms with E-state index in [1.165, 1.54) is 6.20 Å². The van der Waals surface area contributed by atoms with Crippen molar-refractivity contribution >= 4 is 28.6 Å². The third-order valence-electron chi connectivity index (χ3n) is 5.13. The molecule has 1 unspecified atom stereocenters. The van der Waals surface area contributed by atoms with E-state index in [2.05, 4.69) is 36.4 Å². The van der Waals surface area contributed by atoms with Crippen LogP contribution in [-0.2, 0) is 0 Å². The zero-order valence-electron chi connectivity index (χ0n) is 18.1. The minimum absolute atomic E-state index is 0.125. The number of nitrogens with zero attached hydrogens (tertiary/aromatic N) is 3. The Morgan fingerprint density at radius 3 is 2.17 bits per heavy atom. The van der Waals surface area contributed by atoms with Gasteiger partial charge in [0, 0.05) is 19.6 Å². The van der Waals surface area contributed by atoms with E-state index in [4.69, 9.17) is 27.7 Å². The van der Waals surface area contributed by atoms with Crippen LogP contribution in [0.25, 0.3) is 0 Å². The first kappa shape index (κ1) is 23.3. The van der Waals surface area contributed by atoms with Crippen LogP contribution < -0.4 is 33.0 Å². The Hall–Kier alpha value is -2.98. The van der Waals surface area contributed by atoms with Gasteiger partial charge in [-0.15, -0.1) is 0 Å². The molecule has 2 rings (SSSR count). The number of rotatable bonds is 11. The van der Waals surface area contributed by atoms with Crippen LogP contribution in [0.1, 0.15) is 25.7 Å². The van der Waals surface area contributed by atoms with Crippen molar-refractivity contribution in [1.29, 1.82) is 0 Å². The van der Waals surface area contributed by atoms with E-state index < -0.39 is 5.72 Å². The number of aliphatic hydroxyl groups excluding tert-OH is 1. The third kappa shape index (κ3) is 5.77. The topological polar surface area (TPSA) is 171 Å². The predicted molar refractivity (Wildman–Crippen MR) is 122 cm³/mol. The molecule has 0 saturated carbocycles. The highest BCUT2D eigenvalue weighted by molar-refractivity contribution is 5.65. The van der Waals surface area contributed by atoms with Crippen LogP contribution >= 0.6 is 0 Å². The number of hydrogen-bond donors (Lipinski definition) is 6. The maximum absolute atomic E-state index is 9.27. The monoisotopic (exact) mass is 419 g/mol. The Morgan fingerprint density at radius 1 is 0.967 bits per heavy atom. The molecule has 0 spiro atoms. The first-order valence-electron chi connectivity index (χ1n) is 9.95. The van der Waals surface area contributed by atoms with Gasteiger partial charge in [0.1, 0.15) is 5.82 Å². The molecular weight excluding hydrogens is 384 g/mol. The number of anilines is 5. The van der Waals surface area contributed by atoms with E-state index in [0.29, 0.717) is 64.7 Å². The van der Waals surface area contributed by atoms with Crippen LogP contribution in [0.4, 0.5) is 28.6 Å². The van der Waals surface area contributed by atoms with Gasteiger partial charge < -0.3 is 38.1 Å². The number of nitrogen functional groups attached to an aromatic ring is 4. The number of aliphatic hydroxyl groups is 1. The van der Waals surface area contributed by atoms with Crippen LogP contribution in [-0.4, -0.2) is 59.6 Å². The smallest absolute Gasteiger partial charge is 0.246 e. The standard InChI is InChI=1S/C20H35N8O2/c1-28(2,3)20(6-4-5-9-29,30-19-17(24)11-15(22)13-27-19)7-8-25-18-16(23)10-14(21)12-26-18/h10-13,29H,4-9,21-24H2,1-3H3,(H,25,26)/q+1. The molecule has 0 radical (unpaired) electrons.